The Labute approximate surface area is 138 Å². The van der Waals surface area contributed by atoms with E-state index in [0.29, 0.717) is 0 Å². The summed E-state index contributed by atoms with van der Waals surface area (Å²) >= 11 is 0. The lowest BCUT2D eigenvalue weighted by Crippen LogP contribution is -2.30. The number of halogens is 1. The van der Waals surface area contributed by atoms with Gasteiger partial charge in [0.05, 0.1) is 5.69 Å². The monoisotopic (exact) mass is 312 g/mol. The SMILES string of the molecule is Cc1ccc(CNCc2ccc(F)c(N3CCCCC3)c2)cc1. The van der Waals surface area contributed by atoms with Crippen molar-refractivity contribution in [1.29, 1.82) is 0 Å². The van der Waals surface area contributed by atoms with Gasteiger partial charge in [0.15, 0.2) is 0 Å². The second-order valence-electron chi connectivity index (χ2n) is 6.42. The Kier molecular flexibility index (Phi) is 5.29. The highest BCUT2D eigenvalue weighted by atomic mass is 19.1. The molecule has 1 N–H and O–H groups in total. The molecular weight excluding hydrogens is 287 g/mol. The van der Waals surface area contributed by atoms with E-state index in [4.69, 9.17) is 0 Å². The van der Waals surface area contributed by atoms with Crippen LogP contribution in [0, 0.1) is 12.7 Å². The smallest absolute Gasteiger partial charge is 0.146 e. The third kappa shape index (κ3) is 4.32. The average molecular weight is 312 g/mol. The third-order valence-electron chi connectivity index (χ3n) is 4.49. The summed E-state index contributed by atoms with van der Waals surface area (Å²) in [5.41, 5.74) is 4.45. The summed E-state index contributed by atoms with van der Waals surface area (Å²) in [4.78, 5) is 2.18. The fourth-order valence-corrected chi connectivity index (χ4v) is 3.10. The maximum absolute atomic E-state index is 14.1. The third-order valence-corrected chi connectivity index (χ3v) is 4.49. The van der Waals surface area contributed by atoms with Gasteiger partial charge in [-0.2, -0.15) is 0 Å². The van der Waals surface area contributed by atoms with Gasteiger partial charge in [0, 0.05) is 26.2 Å². The van der Waals surface area contributed by atoms with E-state index >= 15 is 0 Å². The Morgan fingerprint density at radius 3 is 2.30 bits per heavy atom. The molecule has 0 amide bonds. The first-order valence-electron chi connectivity index (χ1n) is 8.52. The van der Waals surface area contributed by atoms with Crippen molar-refractivity contribution in [2.24, 2.45) is 0 Å². The van der Waals surface area contributed by atoms with Crippen LogP contribution in [0.25, 0.3) is 0 Å². The lowest BCUT2D eigenvalue weighted by atomic mass is 10.1. The Balaban J connectivity index is 1.60. The van der Waals surface area contributed by atoms with E-state index in [9.17, 15) is 4.39 Å². The van der Waals surface area contributed by atoms with Crippen LogP contribution >= 0.6 is 0 Å². The average Bonchev–Trinajstić information content (AvgIpc) is 2.59. The molecule has 2 aromatic rings. The molecule has 0 bridgehead atoms. The maximum Gasteiger partial charge on any atom is 0.146 e. The standard InChI is InChI=1S/C20H25FN2/c1-16-5-7-17(8-6-16)14-22-15-18-9-10-19(21)20(13-18)23-11-3-2-4-12-23/h5-10,13,22H,2-4,11-12,14-15H2,1H3. The van der Waals surface area contributed by atoms with Crippen molar-refractivity contribution in [2.45, 2.75) is 39.3 Å². The van der Waals surface area contributed by atoms with Crippen molar-refractivity contribution in [3.8, 4) is 0 Å². The molecule has 0 aliphatic carbocycles. The zero-order valence-corrected chi connectivity index (χ0v) is 13.8. The predicted molar refractivity (Wildman–Crippen MR) is 94.2 cm³/mol. The van der Waals surface area contributed by atoms with Crippen LogP contribution in [0.15, 0.2) is 42.5 Å². The molecule has 1 heterocycles. The summed E-state index contributed by atoms with van der Waals surface area (Å²) in [7, 11) is 0. The summed E-state index contributed by atoms with van der Waals surface area (Å²) in [6, 6.07) is 14.0. The van der Waals surface area contributed by atoms with Crippen molar-refractivity contribution < 1.29 is 4.39 Å². The van der Waals surface area contributed by atoms with E-state index in [1.807, 2.05) is 12.1 Å². The Hall–Kier alpha value is -1.87. The number of benzene rings is 2. The Bertz CT molecular complexity index is 631. The van der Waals surface area contributed by atoms with Crippen LogP contribution in [0.5, 0.6) is 0 Å². The summed E-state index contributed by atoms with van der Waals surface area (Å²) in [6.45, 7) is 5.62. The van der Waals surface area contributed by atoms with Crippen LogP contribution < -0.4 is 10.2 Å². The molecule has 0 radical (unpaired) electrons. The van der Waals surface area contributed by atoms with Crippen LogP contribution in [-0.4, -0.2) is 13.1 Å². The molecule has 0 spiro atoms. The first kappa shape index (κ1) is 16.0. The van der Waals surface area contributed by atoms with Gasteiger partial charge < -0.3 is 10.2 Å². The maximum atomic E-state index is 14.1. The Morgan fingerprint density at radius 1 is 0.913 bits per heavy atom. The summed E-state index contributed by atoms with van der Waals surface area (Å²) in [6.07, 6.45) is 3.58. The van der Waals surface area contributed by atoms with E-state index in [2.05, 4.69) is 41.4 Å². The van der Waals surface area contributed by atoms with Gasteiger partial charge in [-0.3, -0.25) is 0 Å². The van der Waals surface area contributed by atoms with Gasteiger partial charge in [-0.25, -0.2) is 4.39 Å². The highest BCUT2D eigenvalue weighted by molar-refractivity contribution is 5.50. The molecule has 3 heteroatoms. The number of hydrogen-bond acceptors (Lipinski definition) is 2. The van der Waals surface area contributed by atoms with Crippen molar-refractivity contribution in [2.75, 3.05) is 18.0 Å². The quantitative estimate of drug-likeness (QED) is 0.879. The number of rotatable bonds is 5. The van der Waals surface area contributed by atoms with E-state index in [1.54, 1.807) is 6.07 Å². The fourth-order valence-electron chi connectivity index (χ4n) is 3.10. The first-order chi connectivity index (χ1) is 11.2. The first-order valence-corrected chi connectivity index (χ1v) is 8.52. The molecular formula is C20H25FN2. The molecule has 0 unspecified atom stereocenters. The van der Waals surface area contributed by atoms with Crippen LogP contribution in [-0.2, 0) is 13.1 Å². The van der Waals surface area contributed by atoms with Crippen LogP contribution in [0.3, 0.4) is 0 Å². The molecule has 2 aromatic carbocycles. The van der Waals surface area contributed by atoms with Crippen molar-refractivity contribution in [3.05, 3.63) is 65.0 Å². The number of nitrogens with zero attached hydrogens (tertiary/aromatic N) is 1. The Morgan fingerprint density at radius 2 is 1.57 bits per heavy atom. The highest BCUT2D eigenvalue weighted by Crippen LogP contribution is 2.24. The van der Waals surface area contributed by atoms with Crippen molar-refractivity contribution in [1.82, 2.24) is 5.32 Å². The van der Waals surface area contributed by atoms with Crippen LogP contribution in [0.4, 0.5) is 10.1 Å². The molecule has 1 fully saturated rings. The molecule has 1 aliphatic rings. The highest BCUT2D eigenvalue weighted by Gasteiger charge is 2.15. The topological polar surface area (TPSA) is 15.3 Å². The number of nitrogens with one attached hydrogen (secondary N) is 1. The molecule has 2 nitrogen and oxygen atoms in total. The molecule has 1 aliphatic heterocycles. The number of hydrogen-bond donors (Lipinski definition) is 1. The van der Waals surface area contributed by atoms with E-state index < -0.39 is 0 Å². The van der Waals surface area contributed by atoms with Gasteiger partial charge in [0.25, 0.3) is 0 Å². The molecule has 3 rings (SSSR count). The number of anilines is 1. The number of piperidine rings is 1. The molecule has 122 valence electrons. The molecule has 1 saturated heterocycles. The van der Waals surface area contributed by atoms with Crippen LogP contribution in [0.2, 0.25) is 0 Å². The summed E-state index contributed by atoms with van der Waals surface area (Å²) < 4.78 is 14.1. The van der Waals surface area contributed by atoms with Gasteiger partial charge >= 0.3 is 0 Å². The van der Waals surface area contributed by atoms with Gasteiger partial charge in [-0.15, -0.1) is 0 Å². The van der Waals surface area contributed by atoms with E-state index in [-0.39, 0.29) is 5.82 Å². The van der Waals surface area contributed by atoms with E-state index in [0.717, 1.165) is 50.3 Å². The van der Waals surface area contributed by atoms with Crippen molar-refractivity contribution in [3.63, 3.8) is 0 Å². The van der Waals surface area contributed by atoms with Gasteiger partial charge in [-0.05, 0) is 49.4 Å². The largest absolute Gasteiger partial charge is 0.369 e. The normalized spacial score (nSPS) is 15.0. The zero-order valence-electron chi connectivity index (χ0n) is 13.8. The van der Waals surface area contributed by atoms with Crippen molar-refractivity contribution >= 4 is 5.69 Å². The van der Waals surface area contributed by atoms with Gasteiger partial charge in [0.1, 0.15) is 5.82 Å². The van der Waals surface area contributed by atoms with Gasteiger partial charge in [0.2, 0.25) is 0 Å². The summed E-state index contributed by atoms with van der Waals surface area (Å²) in [5.74, 6) is -0.103. The number of aryl methyl sites for hydroxylation is 1. The van der Waals surface area contributed by atoms with E-state index in [1.165, 1.54) is 17.5 Å². The molecule has 0 aromatic heterocycles. The van der Waals surface area contributed by atoms with Gasteiger partial charge in [-0.1, -0.05) is 35.9 Å². The zero-order chi connectivity index (χ0) is 16.1. The lowest BCUT2D eigenvalue weighted by molar-refractivity contribution is 0.556. The van der Waals surface area contributed by atoms with Crippen LogP contribution in [0.1, 0.15) is 36.0 Å². The predicted octanol–water partition coefficient (Wildman–Crippen LogP) is 4.41. The second-order valence-corrected chi connectivity index (χ2v) is 6.42. The lowest BCUT2D eigenvalue weighted by Gasteiger charge is -2.29. The molecule has 0 saturated carbocycles. The minimum absolute atomic E-state index is 0.103. The molecule has 23 heavy (non-hydrogen) atoms. The minimum atomic E-state index is -0.103. The summed E-state index contributed by atoms with van der Waals surface area (Å²) in [5, 5.41) is 3.45. The second kappa shape index (κ2) is 7.60. The molecule has 0 atom stereocenters. The minimum Gasteiger partial charge on any atom is -0.369 e. The fraction of sp³-hybridized carbons (Fsp3) is 0.400.